The zero-order valence-corrected chi connectivity index (χ0v) is 13.4. The van der Waals surface area contributed by atoms with Crippen LogP contribution in [0.4, 0.5) is 5.69 Å². The van der Waals surface area contributed by atoms with E-state index in [0.29, 0.717) is 10.6 Å². The minimum absolute atomic E-state index is 0.338. The summed E-state index contributed by atoms with van der Waals surface area (Å²) in [5.41, 5.74) is 3.29. The molecule has 0 radical (unpaired) electrons. The van der Waals surface area contributed by atoms with Gasteiger partial charge in [0.2, 0.25) is 0 Å². The molecule has 0 fully saturated rings. The zero-order valence-electron chi connectivity index (χ0n) is 12.6. The molecular weight excluding hydrogens is 298 g/mol. The van der Waals surface area contributed by atoms with Crippen molar-refractivity contribution in [3.63, 3.8) is 0 Å². The summed E-state index contributed by atoms with van der Waals surface area (Å²) in [7, 11) is 1.35. The third kappa shape index (κ3) is 3.89. The average Bonchev–Trinajstić information content (AvgIpc) is 2.54. The van der Waals surface area contributed by atoms with E-state index < -0.39 is 5.97 Å². The lowest BCUT2D eigenvalue weighted by molar-refractivity contribution is -0.136. The van der Waals surface area contributed by atoms with Crippen molar-refractivity contribution < 1.29 is 9.53 Å². The maximum absolute atomic E-state index is 11.8. The second kappa shape index (κ2) is 7.14. The average molecular weight is 316 g/mol. The second-order valence-electron chi connectivity index (χ2n) is 5.01. The van der Waals surface area contributed by atoms with Gasteiger partial charge in [-0.3, -0.25) is 0 Å². The van der Waals surface area contributed by atoms with Crippen molar-refractivity contribution in [1.82, 2.24) is 0 Å². The van der Waals surface area contributed by atoms with Gasteiger partial charge in [0, 0.05) is 10.7 Å². The standard InChI is InChI=1S/C18H18ClNO2/c1-12-4-10-16(11-5-12)20-17(13(2)18(21)22-3)14-6-8-15(19)9-7-14/h4-11,17,20H,2H2,1,3H3. The Bertz CT molecular complexity index is 662. The summed E-state index contributed by atoms with van der Waals surface area (Å²) in [6, 6.07) is 14.8. The SMILES string of the molecule is C=C(C(=O)OC)C(Nc1ccc(C)cc1)c1ccc(Cl)cc1. The monoisotopic (exact) mass is 315 g/mol. The molecule has 4 heteroatoms. The van der Waals surface area contributed by atoms with Crippen molar-refractivity contribution in [3.05, 3.63) is 76.8 Å². The molecule has 1 N–H and O–H groups in total. The van der Waals surface area contributed by atoms with Crippen molar-refractivity contribution >= 4 is 23.3 Å². The Morgan fingerprint density at radius 3 is 2.27 bits per heavy atom. The predicted molar refractivity (Wildman–Crippen MR) is 90.2 cm³/mol. The van der Waals surface area contributed by atoms with Crippen LogP contribution in [0.1, 0.15) is 17.2 Å². The van der Waals surface area contributed by atoms with E-state index in [1.807, 2.05) is 43.3 Å². The lowest BCUT2D eigenvalue weighted by atomic mass is 9.99. The molecule has 1 atom stereocenters. The fraction of sp³-hybridized carbons (Fsp3) is 0.167. The van der Waals surface area contributed by atoms with Gasteiger partial charge in [-0.15, -0.1) is 0 Å². The highest BCUT2D eigenvalue weighted by atomic mass is 35.5. The molecule has 2 rings (SSSR count). The van der Waals surface area contributed by atoms with E-state index in [4.69, 9.17) is 16.3 Å². The normalized spacial score (nSPS) is 11.6. The quantitative estimate of drug-likeness (QED) is 0.650. The number of rotatable bonds is 5. The number of hydrogen-bond acceptors (Lipinski definition) is 3. The predicted octanol–water partition coefficient (Wildman–Crippen LogP) is 4.53. The molecule has 0 saturated heterocycles. The lowest BCUT2D eigenvalue weighted by Crippen LogP contribution is -2.19. The second-order valence-corrected chi connectivity index (χ2v) is 5.45. The smallest absolute Gasteiger partial charge is 0.335 e. The molecule has 0 amide bonds. The molecule has 0 saturated carbocycles. The zero-order chi connectivity index (χ0) is 16.1. The number of aryl methyl sites for hydroxylation is 1. The van der Waals surface area contributed by atoms with Gasteiger partial charge in [0.15, 0.2) is 0 Å². The van der Waals surface area contributed by atoms with Crippen LogP contribution in [-0.4, -0.2) is 13.1 Å². The molecule has 0 aliphatic carbocycles. The topological polar surface area (TPSA) is 38.3 Å². The number of benzene rings is 2. The Balaban J connectivity index is 2.32. The van der Waals surface area contributed by atoms with Gasteiger partial charge in [-0.2, -0.15) is 0 Å². The molecule has 114 valence electrons. The number of hydrogen-bond donors (Lipinski definition) is 1. The molecule has 0 bridgehead atoms. The van der Waals surface area contributed by atoms with E-state index in [1.165, 1.54) is 12.7 Å². The van der Waals surface area contributed by atoms with Crippen LogP contribution in [0.2, 0.25) is 5.02 Å². The summed E-state index contributed by atoms with van der Waals surface area (Å²) >= 11 is 5.93. The Labute approximate surface area is 135 Å². The van der Waals surface area contributed by atoms with Crippen LogP contribution in [0.25, 0.3) is 0 Å². The molecule has 0 heterocycles. The summed E-state index contributed by atoms with van der Waals surface area (Å²) < 4.78 is 4.79. The molecule has 2 aromatic rings. The maximum atomic E-state index is 11.8. The van der Waals surface area contributed by atoms with E-state index >= 15 is 0 Å². The molecular formula is C18H18ClNO2. The third-order valence-electron chi connectivity index (χ3n) is 3.36. The largest absolute Gasteiger partial charge is 0.466 e. The molecule has 0 aliphatic rings. The maximum Gasteiger partial charge on any atom is 0.335 e. The first kappa shape index (κ1) is 16.1. The van der Waals surface area contributed by atoms with Crippen LogP contribution >= 0.6 is 11.6 Å². The molecule has 1 unspecified atom stereocenters. The first-order chi connectivity index (χ1) is 10.5. The van der Waals surface area contributed by atoms with Gasteiger partial charge < -0.3 is 10.1 Å². The van der Waals surface area contributed by atoms with E-state index in [-0.39, 0.29) is 6.04 Å². The highest BCUT2D eigenvalue weighted by Gasteiger charge is 2.21. The number of halogens is 1. The Kier molecular flexibility index (Phi) is 5.23. The van der Waals surface area contributed by atoms with Crippen LogP contribution < -0.4 is 5.32 Å². The summed E-state index contributed by atoms with van der Waals surface area (Å²) in [6.07, 6.45) is 0. The Morgan fingerprint density at radius 2 is 1.73 bits per heavy atom. The minimum atomic E-state index is -0.445. The van der Waals surface area contributed by atoms with Gasteiger partial charge >= 0.3 is 5.97 Å². The van der Waals surface area contributed by atoms with Crippen LogP contribution in [0, 0.1) is 6.92 Å². The van der Waals surface area contributed by atoms with Crippen LogP contribution in [0.5, 0.6) is 0 Å². The molecule has 3 nitrogen and oxygen atoms in total. The Hall–Kier alpha value is -2.26. The fourth-order valence-corrected chi connectivity index (χ4v) is 2.22. The Morgan fingerprint density at radius 1 is 1.14 bits per heavy atom. The number of esters is 1. The number of carbonyl (C=O) groups excluding carboxylic acids is 1. The van der Waals surface area contributed by atoms with Crippen molar-refractivity contribution in [2.45, 2.75) is 13.0 Å². The summed E-state index contributed by atoms with van der Waals surface area (Å²) in [6.45, 7) is 5.89. The van der Waals surface area contributed by atoms with Gasteiger partial charge in [-0.25, -0.2) is 4.79 Å². The van der Waals surface area contributed by atoms with Gasteiger partial charge in [-0.1, -0.05) is 48.0 Å². The van der Waals surface area contributed by atoms with Gasteiger partial charge in [0.05, 0.1) is 18.7 Å². The number of methoxy groups -OCH3 is 1. The van der Waals surface area contributed by atoms with Gasteiger partial charge in [-0.05, 0) is 36.8 Å². The number of nitrogens with one attached hydrogen (secondary N) is 1. The number of ether oxygens (including phenoxy) is 1. The summed E-state index contributed by atoms with van der Waals surface area (Å²) in [5, 5.41) is 3.95. The number of carbonyl (C=O) groups is 1. The molecule has 22 heavy (non-hydrogen) atoms. The van der Waals surface area contributed by atoms with E-state index in [1.54, 1.807) is 12.1 Å². The first-order valence-electron chi connectivity index (χ1n) is 6.87. The fourth-order valence-electron chi connectivity index (χ4n) is 2.09. The van der Waals surface area contributed by atoms with Crippen molar-refractivity contribution in [2.75, 3.05) is 12.4 Å². The van der Waals surface area contributed by atoms with Crippen molar-refractivity contribution in [1.29, 1.82) is 0 Å². The molecule has 0 aliphatic heterocycles. The third-order valence-corrected chi connectivity index (χ3v) is 3.61. The summed E-state index contributed by atoms with van der Waals surface area (Å²) in [4.78, 5) is 11.8. The van der Waals surface area contributed by atoms with E-state index in [9.17, 15) is 4.79 Å². The van der Waals surface area contributed by atoms with Crippen LogP contribution in [0.3, 0.4) is 0 Å². The lowest BCUT2D eigenvalue weighted by Gasteiger charge is -2.21. The van der Waals surface area contributed by atoms with Crippen LogP contribution in [-0.2, 0) is 9.53 Å². The highest BCUT2D eigenvalue weighted by molar-refractivity contribution is 6.30. The highest BCUT2D eigenvalue weighted by Crippen LogP contribution is 2.27. The van der Waals surface area contributed by atoms with E-state index in [0.717, 1.165) is 11.3 Å². The van der Waals surface area contributed by atoms with Gasteiger partial charge in [0.1, 0.15) is 0 Å². The summed E-state index contributed by atoms with van der Waals surface area (Å²) in [5.74, 6) is -0.445. The number of anilines is 1. The molecule has 0 spiro atoms. The molecule has 0 aromatic heterocycles. The minimum Gasteiger partial charge on any atom is -0.466 e. The van der Waals surface area contributed by atoms with E-state index in [2.05, 4.69) is 11.9 Å². The van der Waals surface area contributed by atoms with Gasteiger partial charge in [0.25, 0.3) is 0 Å². The van der Waals surface area contributed by atoms with Crippen LogP contribution in [0.15, 0.2) is 60.7 Å². The first-order valence-corrected chi connectivity index (χ1v) is 7.25. The van der Waals surface area contributed by atoms with Crippen molar-refractivity contribution in [2.24, 2.45) is 0 Å². The molecule has 2 aromatic carbocycles. The van der Waals surface area contributed by atoms with Crippen molar-refractivity contribution in [3.8, 4) is 0 Å².